The molecule has 18 heavy (non-hydrogen) atoms. The van der Waals surface area contributed by atoms with Crippen LogP contribution in [-0.2, 0) is 4.79 Å². The monoisotopic (exact) mass is 266 g/mol. The largest absolute Gasteiger partial charge is 0.492 e. The molecule has 1 aromatic carbocycles. The first-order valence-electron chi connectivity index (χ1n) is 5.62. The van der Waals surface area contributed by atoms with E-state index in [4.69, 9.17) is 10.5 Å². The van der Waals surface area contributed by atoms with Crippen molar-refractivity contribution in [1.29, 1.82) is 0 Å². The molecule has 96 valence electrons. The first kappa shape index (κ1) is 12.8. The first-order chi connectivity index (χ1) is 8.66. The summed E-state index contributed by atoms with van der Waals surface area (Å²) in [6.07, 6.45) is 0.415. The van der Waals surface area contributed by atoms with E-state index in [1.54, 1.807) is 24.3 Å². The van der Waals surface area contributed by atoms with Gasteiger partial charge in [0.05, 0.1) is 6.54 Å². The SMILES string of the molecule is Nc1ccc(OCCN2C(=O)CCSC2=O)cc1. The number of hydrogen-bond donors (Lipinski definition) is 1. The third-order valence-electron chi connectivity index (χ3n) is 2.53. The van der Waals surface area contributed by atoms with Crippen molar-refractivity contribution in [3.05, 3.63) is 24.3 Å². The maximum absolute atomic E-state index is 11.5. The topological polar surface area (TPSA) is 72.6 Å². The molecule has 0 radical (unpaired) electrons. The predicted octanol–water partition coefficient (Wildman–Crippen LogP) is 1.73. The Labute approximate surface area is 109 Å². The minimum absolute atomic E-state index is 0.125. The molecule has 0 atom stereocenters. The van der Waals surface area contributed by atoms with E-state index in [0.29, 0.717) is 30.2 Å². The summed E-state index contributed by atoms with van der Waals surface area (Å²) in [6.45, 7) is 0.580. The predicted molar refractivity (Wildman–Crippen MR) is 70.5 cm³/mol. The van der Waals surface area contributed by atoms with Crippen LogP contribution in [0.4, 0.5) is 10.5 Å². The number of hydrogen-bond acceptors (Lipinski definition) is 5. The summed E-state index contributed by atoms with van der Waals surface area (Å²) in [5, 5.41) is -0.188. The Kier molecular flexibility index (Phi) is 4.09. The summed E-state index contributed by atoms with van der Waals surface area (Å²) < 4.78 is 5.45. The molecule has 1 aromatic rings. The van der Waals surface area contributed by atoms with Crippen LogP contribution in [0.15, 0.2) is 24.3 Å². The van der Waals surface area contributed by atoms with Crippen molar-refractivity contribution >= 4 is 28.6 Å². The van der Waals surface area contributed by atoms with E-state index in [0.717, 1.165) is 0 Å². The molecule has 5 nitrogen and oxygen atoms in total. The van der Waals surface area contributed by atoms with Gasteiger partial charge in [-0.3, -0.25) is 14.5 Å². The van der Waals surface area contributed by atoms with Gasteiger partial charge in [0.1, 0.15) is 12.4 Å². The lowest BCUT2D eigenvalue weighted by Gasteiger charge is -2.23. The summed E-state index contributed by atoms with van der Waals surface area (Å²) in [6, 6.07) is 6.98. The van der Waals surface area contributed by atoms with Gasteiger partial charge in [0, 0.05) is 17.9 Å². The summed E-state index contributed by atoms with van der Waals surface area (Å²) in [5.74, 6) is 1.13. The van der Waals surface area contributed by atoms with Crippen molar-refractivity contribution in [3.63, 3.8) is 0 Å². The van der Waals surface area contributed by atoms with Crippen LogP contribution in [-0.4, -0.2) is 35.0 Å². The highest BCUT2D eigenvalue weighted by Gasteiger charge is 2.26. The third kappa shape index (κ3) is 3.16. The third-order valence-corrected chi connectivity index (χ3v) is 3.40. The average Bonchev–Trinajstić information content (AvgIpc) is 2.35. The Hall–Kier alpha value is -1.69. The Morgan fingerprint density at radius 1 is 1.28 bits per heavy atom. The second-order valence-electron chi connectivity index (χ2n) is 3.83. The van der Waals surface area contributed by atoms with E-state index in [1.165, 1.54) is 16.7 Å². The molecule has 0 unspecified atom stereocenters. The maximum Gasteiger partial charge on any atom is 0.288 e. The van der Waals surface area contributed by atoms with Gasteiger partial charge < -0.3 is 10.5 Å². The summed E-state index contributed by atoms with van der Waals surface area (Å²) >= 11 is 1.17. The zero-order chi connectivity index (χ0) is 13.0. The van der Waals surface area contributed by atoms with Crippen molar-refractivity contribution in [3.8, 4) is 5.75 Å². The van der Waals surface area contributed by atoms with Gasteiger partial charge in [0.25, 0.3) is 5.24 Å². The lowest BCUT2D eigenvalue weighted by Crippen LogP contribution is -2.40. The first-order valence-corrected chi connectivity index (χ1v) is 6.61. The molecule has 1 aliphatic rings. The van der Waals surface area contributed by atoms with E-state index in [9.17, 15) is 9.59 Å². The average molecular weight is 266 g/mol. The van der Waals surface area contributed by atoms with Gasteiger partial charge >= 0.3 is 0 Å². The number of nitrogens with two attached hydrogens (primary N) is 1. The molecule has 0 saturated carbocycles. The summed E-state index contributed by atoms with van der Waals surface area (Å²) in [4.78, 5) is 24.2. The number of benzene rings is 1. The maximum atomic E-state index is 11.5. The molecule has 2 amide bonds. The van der Waals surface area contributed by atoms with E-state index in [-0.39, 0.29) is 17.7 Å². The van der Waals surface area contributed by atoms with Gasteiger partial charge in [0.2, 0.25) is 5.91 Å². The second-order valence-corrected chi connectivity index (χ2v) is 4.87. The molecule has 0 aromatic heterocycles. The molecule has 6 heteroatoms. The summed E-state index contributed by atoms with van der Waals surface area (Å²) in [7, 11) is 0. The number of imide groups is 1. The van der Waals surface area contributed by atoms with Gasteiger partial charge in [0.15, 0.2) is 0 Å². The smallest absolute Gasteiger partial charge is 0.288 e. The zero-order valence-electron chi connectivity index (χ0n) is 9.80. The van der Waals surface area contributed by atoms with Crippen LogP contribution in [0.25, 0.3) is 0 Å². The molecule has 0 bridgehead atoms. The van der Waals surface area contributed by atoms with E-state index in [2.05, 4.69) is 0 Å². The minimum Gasteiger partial charge on any atom is -0.492 e. The fourth-order valence-corrected chi connectivity index (χ4v) is 2.38. The van der Waals surface area contributed by atoms with E-state index >= 15 is 0 Å². The second kappa shape index (κ2) is 5.77. The molecule has 0 aliphatic carbocycles. The Morgan fingerprint density at radius 2 is 2.00 bits per heavy atom. The zero-order valence-corrected chi connectivity index (χ0v) is 10.6. The van der Waals surface area contributed by atoms with Crippen LogP contribution in [0.2, 0.25) is 0 Å². The molecule has 0 spiro atoms. The molecular weight excluding hydrogens is 252 g/mol. The van der Waals surface area contributed by atoms with Crippen LogP contribution in [0.3, 0.4) is 0 Å². The number of anilines is 1. The highest BCUT2D eigenvalue weighted by atomic mass is 32.2. The van der Waals surface area contributed by atoms with Crippen LogP contribution in [0.1, 0.15) is 6.42 Å². The van der Waals surface area contributed by atoms with Crippen LogP contribution in [0.5, 0.6) is 5.75 Å². The van der Waals surface area contributed by atoms with E-state index in [1.807, 2.05) is 0 Å². The number of amides is 2. The number of nitrogens with zero attached hydrogens (tertiary/aromatic N) is 1. The molecular formula is C12H14N2O3S. The quantitative estimate of drug-likeness (QED) is 0.840. The van der Waals surface area contributed by atoms with Gasteiger partial charge in [-0.2, -0.15) is 0 Å². The highest BCUT2D eigenvalue weighted by Crippen LogP contribution is 2.18. The number of carbonyl (C=O) groups excluding carboxylic acids is 2. The van der Waals surface area contributed by atoms with Crippen LogP contribution in [0, 0.1) is 0 Å². The van der Waals surface area contributed by atoms with Crippen molar-refractivity contribution in [2.45, 2.75) is 6.42 Å². The number of carbonyl (C=O) groups is 2. The molecule has 1 aliphatic heterocycles. The van der Waals surface area contributed by atoms with Crippen molar-refractivity contribution in [1.82, 2.24) is 4.90 Å². The molecule has 1 heterocycles. The van der Waals surface area contributed by atoms with Gasteiger partial charge in [-0.25, -0.2) is 0 Å². The number of ether oxygens (including phenoxy) is 1. The lowest BCUT2D eigenvalue weighted by atomic mass is 10.3. The number of thioether (sulfide) groups is 1. The molecule has 1 saturated heterocycles. The van der Waals surface area contributed by atoms with Crippen LogP contribution < -0.4 is 10.5 Å². The lowest BCUT2D eigenvalue weighted by molar-refractivity contribution is -0.127. The number of rotatable bonds is 4. The fourth-order valence-electron chi connectivity index (χ4n) is 1.58. The Morgan fingerprint density at radius 3 is 2.67 bits per heavy atom. The number of nitrogen functional groups attached to an aromatic ring is 1. The fraction of sp³-hybridized carbons (Fsp3) is 0.333. The minimum atomic E-state index is -0.188. The standard InChI is InChI=1S/C12H14N2O3S/c13-9-1-3-10(4-2-9)17-7-6-14-11(15)5-8-18-12(14)16/h1-4H,5-8,13H2. The van der Waals surface area contributed by atoms with Crippen LogP contribution >= 0.6 is 11.8 Å². The van der Waals surface area contributed by atoms with E-state index < -0.39 is 0 Å². The summed E-state index contributed by atoms with van der Waals surface area (Å²) in [5.41, 5.74) is 6.22. The molecule has 2 N–H and O–H groups in total. The molecule has 1 fully saturated rings. The van der Waals surface area contributed by atoms with Crippen molar-refractivity contribution < 1.29 is 14.3 Å². The molecule has 2 rings (SSSR count). The normalized spacial score (nSPS) is 15.9. The van der Waals surface area contributed by atoms with Gasteiger partial charge in [-0.1, -0.05) is 11.8 Å². The van der Waals surface area contributed by atoms with Gasteiger partial charge in [-0.15, -0.1) is 0 Å². The Balaban J connectivity index is 1.82. The van der Waals surface area contributed by atoms with Crippen molar-refractivity contribution in [2.24, 2.45) is 0 Å². The highest BCUT2D eigenvalue weighted by molar-refractivity contribution is 8.13. The van der Waals surface area contributed by atoms with Gasteiger partial charge in [-0.05, 0) is 24.3 Å². The van der Waals surface area contributed by atoms with Crippen molar-refractivity contribution in [2.75, 3.05) is 24.6 Å². The Bertz CT molecular complexity index is 431.